The van der Waals surface area contributed by atoms with Gasteiger partial charge in [0.15, 0.2) is 0 Å². The molecule has 1 aromatic rings. The topological polar surface area (TPSA) is 69.7 Å². The number of aromatic nitrogens is 1. The van der Waals surface area contributed by atoms with Gasteiger partial charge in [0.25, 0.3) is 6.02 Å². The van der Waals surface area contributed by atoms with Gasteiger partial charge in [-0.15, -0.1) is 0 Å². The number of hydrogen-bond donors (Lipinski definition) is 1. The van der Waals surface area contributed by atoms with E-state index in [1.807, 2.05) is 6.92 Å². The maximum atomic E-state index is 12.4. The van der Waals surface area contributed by atoms with Crippen LogP contribution in [0.3, 0.4) is 0 Å². The Morgan fingerprint density at radius 3 is 2.71 bits per heavy atom. The molecule has 0 radical (unpaired) electrons. The van der Waals surface area contributed by atoms with Gasteiger partial charge in [-0.25, -0.2) is 9.98 Å². The number of rotatable bonds is 5. The van der Waals surface area contributed by atoms with Crippen LogP contribution >= 0.6 is 0 Å². The lowest BCUT2D eigenvalue weighted by Crippen LogP contribution is -2.23. The first-order chi connectivity index (χ1) is 9.88. The molecular weight excluding hydrogens is 287 g/mol. The summed E-state index contributed by atoms with van der Waals surface area (Å²) in [6.45, 7) is 2.31. The van der Waals surface area contributed by atoms with Gasteiger partial charge in [-0.3, -0.25) is 0 Å². The minimum absolute atomic E-state index is 0.0931. The second-order valence-electron chi connectivity index (χ2n) is 4.70. The average molecular weight is 303 g/mol. The molecule has 0 saturated carbocycles. The summed E-state index contributed by atoms with van der Waals surface area (Å²) in [5, 5.41) is 0. The quantitative estimate of drug-likeness (QED) is 0.906. The van der Waals surface area contributed by atoms with E-state index in [9.17, 15) is 13.2 Å². The number of amidine groups is 1. The number of nitrogens with two attached hydrogens (primary N) is 1. The van der Waals surface area contributed by atoms with Gasteiger partial charge in [-0.05, 0) is 12.5 Å². The number of alkyl halides is 3. The number of aliphatic imine (C=N–C) groups is 1. The third-order valence-electron chi connectivity index (χ3n) is 3.07. The Morgan fingerprint density at radius 2 is 2.24 bits per heavy atom. The molecule has 8 heteroatoms. The van der Waals surface area contributed by atoms with E-state index >= 15 is 0 Å². The van der Waals surface area contributed by atoms with Crippen molar-refractivity contribution in [3.8, 4) is 5.88 Å². The summed E-state index contributed by atoms with van der Waals surface area (Å²) in [5.74, 6) is 0.158. The molecular formula is C13H16F3N3O2. The molecule has 2 heterocycles. The van der Waals surface area contributed by atoms with Gasteiger partial charge in [0.1, 0.15) is 12.7 Å². The molecule has 0 amide bonds. The molecule has 1 aliphatic heterocycles. The van der Waals surface area contributed by atoms with Crippen LogP contribution < -0.4 is 10.5 Å². The van der Waals surface area contributed by atoms with Gasteiger partial charge in [-0.1, -0.05) is 6.92 Å². The highest BCUT2D eigenvalue weighted by atomic mass is 19.4. The predicted molar refractivity (Wildman–Crippen MR) is 69.9 cm³/mol. The molecule has 2 atom stereocenters. The zero-order valence-electron chi connectivity index (χ0n) is 11.4. The number of ether oxygens (including phenoxy) is 2. The Hall–Kier alpha value is -1.99. The van der Waals surface area contributed by atoms with Crippen LogP contribution in [0, 0.1) is 0 Å². The first kappa shape index (κ1) is 15.4. The third kappa shape index (κ3) is 4.24. The van der Waals surface area contributed by atoms with Crippen molar-refractivity contribution in [1.29, 1.82) is 0 Å². The van der Waals surface area contributed by atoms with E-state index in [4.69, 9.17) is 15.2 Å². The zero-order valence-corrected chi connectivity index (χ0v) is 11.4. The molecule has 1 aliphatic rings. The van der Waals surface area contributed by atoms with Crippen molar-refractivity contribution >= 4 is 6.02 Å². The molecule has 0 spiro atoms. The Kier molecular flexibility index (Phi) is 4.54. The van der Waals surface area contributed by atoms with Gasteiger partial charge in [-0.2, -0.15) is 13.2 Å². The van der Waals surface area contributed by atoms with Gasteiger partial charge in [0.2, 0.25) is 5.88 Å². The minimum atomic E-state index is -4.40. The molecule has 0 fully saturated rings. The fraction of sp³-hybridized carbons (Fsp3) is 0.538. The molecule has 1 aromatic heterocycles. The lowest BCUT2D eigenvalue weighted by atomic mass is 10.1. The first-order valence-electron chi connectivity index (χ1n) is 6.54. The number of pyridine rings is 1. The molecule has 21 heavy (non-hydrogen) atoms. The van der Waals surface area contributed by atoms with E-state index in [1.54, 1.807) is 0 Å². The highest BCUT2D eigenvalue weighted by Crippen LogP contribution is 2.29. The average Bonchev–Trinajstić information content (AvgIpc) is 2.83. The Balaban J connectivity index is 1.95. The van der Waals surface area contributed by atoms with E-state index in [-0.39, 0.29) is 24.0 Å². The number of nitrogens with zero attached hydrogens (tertiary/aromatic N) is 2. The van der Waals surface area contributed by atoms with Crippen molar-refractivity contribution < 1.29 is 22.6 Å². The van der Waals surface area contributed by atoms with Crippen molar-refractivity contribution in [3.05, 3.63) is 23.9 Å². The van der Waals surface area contributed by atoms with E-state index in [0.29, 0.717) is 19.4 Å². The number of halogens is 3. The monoisotopic (exact) mass is 303 g/mol. The fourth-order valence-electron chi connectivity index (χ4n) is 1.95. The van der Waals surface area contributed by atoms with E-state index in [0.717, 1.165) is 12.3 Å². The molecule has 5 nitrogen and oxygen atoms in total. The summed E-state index contributed by atoms with van der Waals surface area (Å²) in [6.07, 6.45) is -2.60. The molecule has 0 aliphatic carbocycles. The maximum Gasteiger partial charge on any atom is 0.417 e. The summed E-state index contributed by atoms with van der Waals surface area (Å²) >= 11 is 0. The summed E-state index contributed by atoms with van der Waals surface area (Å²) < 4.78 is 47.9. The molecule has 0 bridgehead atoms. The van der Waals surface area contributed by atoms with Crippen molar-refractivity contribution in [2.75, 3.05) is 6.61 Å². The van der Waals surface area contributed by atoms with E-state index in [1.165, 1.54) is 6.07 Å². The molecule has 0 saturated heterocycles. The lowest BCUT2D eigenvalue weighted by Gasteiger charge is -2.18. The van der Waals surface area contributed by atoms with Gasteiger partial charge in [0, 0.05) is 18.7 Å². The van der Waals surface area contributed by atoms with Crippen LogP contribution in [0.15, 0.2) is 23.3 Å². The Labute approximate surface area is 120 Å². The van der Waals surface area contributed by atoms with E-state index < -0.39 is 11.7 Å². The van der Waals surface area contributed by atoms with Gasteiger partial charge >= 0.3 is 6.18 Å². The van der Waals surface area contributed by atoms with Crippen LogP contribution in [0.2, 0.25) is 0 Å². The first-order valence-corrected chi connectivity index (χ1v) is 6.54. The Morgan fingerprint density at radius 1 is 1.48 bits per heavy atom. The summed E-state index contributed by atoms with van der Waals surface area (Å²) in [7, 11) is 0. The van der Waals surface area contributed by atoms with Crippen molar-refractivity contribution in [2.45, 2.75) is 38.1 Å². The highest BCUT2D eigenvalue weighted by molar-refractivity contribution is 5.73. The maximum absolute atomic E-state index is 12.4. The fourth-order valence-corrected chi connectivity index (χ4v) is 1.95. The second-order valence-corrected chi connectivity index (χ2v) is 4.70. The van der Waals surface area contributed by atoms with Crippen LogP contribution in [-0.2, 0) is 10.9 Å². The lowest BCUT2D eigenvalue weighted by molar-refractivity contribution is -0.137. The SMILES string of the molecule is CC[C@H](CC1COC(N)=N1)Oc1ccc(C(F)(F)F)cn1. The molecule has 2 rings (SSSR count). The van der Waals surface area contributed by atoms with Crippen LogP contribution in [-0.4, -0.2) is 29.8 Å². The van der Waals surface area contributed by atoms with Crippen LogP contribution in [0.5, 0.6) is 5.88 Å². The van der Waals surface area contributed by atoms with Crippen LogP contribution in [0.25, 0.3) is 0 Å². The van der Waals surface area contributed by atoms with Crippen molar-refractivity contribution in [2.24, 2.45) is 10.7 Å². The third-order valence-corrected chi connectivity index (χ3v) is 3.07. The summed E-state index contributed by atoms with van der Waals surface area (Å²) in [6, 6.07) is 2.23. The van der Waals surface area contributed by atoms with Crippen LogP contribution in [0.4, 0.5) is 13.2 Å². The van der Waals surface area contributed by atoms with Crippen molar-refractivity contribution in [3.63, 3.8) is 0 Å². The normalized spacial score (nSPS) is 19.8. The van der Waals surface area contributed by atoms with Gasteiger partial charge < -0.3 is 15.2 Å². The molecule has 2 N–H and O–H groups in total. The zero-order chi connectivity index (χ0) is 15.5. The number of hydrogen-bond acceptors (Lipinski definition) is 5. The smallest absolute Gasteiger partial charge is 0.417 e. The highest BCUT2D eigenvalue weighted by Gasteiger charge is 2.31. The molecule has 0 aromatic carbocycles. The predicted octanol–water partition coefficient (Wildman–Crippen LogP) is 2.36. The van der Waals surface area contributed by atoms with Crippen molar-refractivity contribution in [1.82, 2.24) is 4.98 Å². The summed E-state index contributed by atoms with van der Waals surface area (Å²) in [5.41, 5.74) is 4.62. The Bertz CT molecular complexity index is 502. The largest absolute Gasteiger partial charge is 0.474 e. The minimum Gasteiger partial charge on any atom is -0.474 e. The van der Waals surface area contributed by atoms with E-state index in [2.05, 4.69) is 9.98 Å². The molecule has 1 unspecified atom stereocenters. The van der Waals surface area contributed by atoms with Crippen LogP contribution in [0.1, 0.15) is 25.3 Å². The summed E-state index contributed by atoms with van der Waals surface area (Å²) in [4.78, 5) is 7.78. The standard InChI is InChI=1S/C13H16F3N3O2/c1-2-10(5-9-7-20-12(17)19-9)21-11-4-3-8(6-18-11)13(14,15)16/h3-4,6,9-10H,2,5,7H2,1H3,(H2,17,19)/t9?,10-/m1/s1. The molecule has 116 valence electrons. The second kappa shape index (κ2) is 6.19. The van der Waals surface area contributed by atoms with Gasteiger partial charge in [0.05, 0.1) is 11.6 Å².